The van der Waals surface area contributed by atoms with Gasteiger partial charge in [-0.05, 0) is 36.4 Å². The molecule has 166 valence electrons. The van der Waals surface area contributed by atoms with Crippen LogP contribution in [0.3, 0.4) is 0 Å². The maximum Gasteiger partial charge on any atom is 0.416 e. The summed E-state index contributed by atoms with van der Waals surface area (Å²) in [6.45, 7) is 0.616. The van der Waals surface area contributed by atoms with Crippen molar-refractivity contribution in [2.24, 2.45) is 0 Å². The molecule has 0 fully saturated rings. The van der Waals surface area contributed by atoms with Crippen LogP contribution in [-0.4, -0.2) is 27.8 Å². The van der Waals surface area contributed by atoms with Gasteiger partial charge in [0, 0.05) is 18.0 Å². The molecular formula is C21H16ClF3N4OS2. The number of fused-ring (bicyclic) bond motifs is 1. The molecule has 5 nitrogen and oxygen atoms in total. The van der Waals surface area contributed by atoms with Crippen LogP contribution in [0, 0.1) is 0 Å². The van der Waals surface area contributed by atoms with E-state index in [1.807, 2.05) is 17.5 Å². The molecule has 0 radical (unpaired) electrons. The summed E-state index contributed by atoms with van der Waals surface area (Å²) in [7, 11) is 0. The minimum atomic E-state index is -4.47. The standard InChI is InChI=1S/C21H16ClF3N4OS2/c1-31-17-9-13(21(23,24)25)8-16(29-17)30-14-4-2-12(3-5-14)6-7-26-19-18-15(22)10-32-20(18)28-11-27-19/h2-5,8-11H,6-7H2,1H3,(H,26,27,28). The minimum absolute atomic E-state index is 0.0981. The smallest absolute Gasteiger partial charge is 0.416 e. The van der Waals surface area contributed by atoms with Crippen LogP contribution in [0.15, 0.2) is 53.1 Å². The molecule has 0 aliphatic carbocycles. The highest BCUT2D eigenvalue weighted by molar-refractivity contribution is 7.98. The molecule has 0 aliphatic heterocycles. The lowest BCUT2D eigenvalue weighted by molar-refractivity contribution is -0.137. The molecule has 1 N–H and O–H groups in total. The summed E-state index contributed by atoms with van der Waals surface area (Å²) in [5, 5.41) is 6.76. The first-order chi connectivity index (χ1) is 15.3. The lowest BCUT2D eigenvalue weighted by atomic mass is 10.1. The molecule has 0 unspecified atom stereocenters. The van der Waals surface area contributed by atoms with E-state index in [2.05, 4.69) is 20.3 Å². The average molecular weight is 497 g/mol. The number of alkyl halides is 3. The molecule has 3 heterocycles. The Morgan fingerprint density at radius 3 is 2.66 bits per heavy atom. The van der Waals surface area contributed by atoms with Crippen LogP contribution in [0.5, 0.6) is 11.6 Å². The maximum atomic E-state index is 13.1. The van der Waals surface area contributed by atoms with Gasteiger partial charge in [-0.15, -0.1) is 23.1 Å². The van der Waals surface area contributed by atoms with Crippen molar-refractivity contribution < 1.29 is 17.9 Å². The zero-order chi connectivity index (χ0) is 22.7. The van der Waals surface area contributed by atoms with Gasteiger partial charge in [-0.3, -0.25) is 0 Å². The summed E-state index contributed by atoms with van der Waals surface area (Å²) in [6, 6.07) is 9.02. The molecule has 0 saturated carbocycles. The van der Waals surface area contributed by atoms with Gasteiger partial charge in [0.05, 0.1) is 16.0 Å². The van der Waals surface area contributed by atoms with E-state index in [0.29, 0.717) is 29.6 Å². The predicted molar refractivity (Wildman–Crippen MR) is 122 cm³/mol. The fraction of sp³-hybridized carbons (Fsp3) is 0.190. The number of anilines is 1. The molecule has 0 bridgehead atoms. The molecule has 0 amide bonds. The summed E-state index contributed by atoms with van der Waals surface area (Å²) in [6.07, 6.45) is -0.612. The van der Waals surface area contributed by atoms with Crippen molar-refractivity contribution >= 4 is 50.7 Å². The molecule has 11 heteroatoms. The van der Waals surface area contributed by atoms with E-state index >= 15 is 0 Å². The van der Waals surface area contributed by atoms with Crippen LogP contribution in [0.1, 0.15) is 11.1 Å². The number of benzene rings is 1. The molecule has 0 spiro atoms. The molecule has 3 aromatic heterocycles. The van der Waals surface area contributed by atoms with Crippen molar-refractivity contribution in [3.05, 3.63) is 64.3 Å². The molecule has 4 rings (SSSR count). The van der Waals surface area contributed by atoms with Gasteiger partial charge >= 0.3 is 6.18 Å². The second-order valence-corrected chi connectivity index (χ2v) is 8.73. The van der Waals surface area contributed by atoms with Gasteiger partial charge < -0.3 is 10.1 Å². The van der Waals surface area contributed by atoms with Crippen molar-refractivity contribution in [3.63, 3.8) is 0 Å². The third kappa shape index (κ3) is 5.25. The average Bonchev–Trinajstić information content (AvgIpc) is 3.16. The number of thioether (sulfide) groups is 1. The molecule has 4 aromatic rings. The second kappa shape index (κ2) is 9.51. The highest BCUT2D eigenvalue weighted by Gasteiger charge is 2.32. The monoisotopic (exact) mass is 496 g/mol. The zero-order valence-corrected chi connectivity index (χ0v) is 19.0. The van der Waals surface area contributed by atoms with E-state index in [9.17, 15) is 13.2 Å². The van der Waals surface area contributed by atoms with E-state index in [-0.39, 0.29) is 10.9 Å². The third-order valence-corrected chi connectivity index (χ3v) is 6.43. The SMILES string of the molecule is CSc1cc(C(F)(F)F)cc(Oc2ccc(CCNc3ncnc4scc(Cl)c34)cc2)n1. The highest BCUT2D eigenvalue weighted by atomic mass is 35.5. The van der Waals surface area contributed by atoms with E-state index in [4.69, 9.17) is 16.3 Å². The first-order valence-electron chi connectivity index (χ1n) is 9.35. The van der Waals surface area contributed by atoms with Crippen LogP contribution in [-0.2, 0) is 12.6 Å². The second-order valence-electron chi connectivity index (χ2n) is 6.64. The Balaban J connectivity index is 1.40. The molecule has 0 saturated heterocycles. The summed E-state index contributed by atoms with van der Waals surface area (Å²) in [5.74, 6) is 0.989. The van der Waals surface area contributed by atoms with Gasteiger partial charge in [0.1, 0.15) is 27.8 Å². The number of pyridine rings is 1. The van der Waals surface area contributed by atoms with E-state index in [1.165, 1.54) is 17.7 Å². The van der Waals surface area contributed by atoms with Gasteiger partial charge in [-0.2, -0.15) is 13.2 Å². The normalized spacial score (nSPS) is 11.7. The Bertz CT molecular complexity index is 1230. The van der Waals surface area contributed by atoms with Crippen LogP contribution >= 0.6 is 34.7 Å². The number of ether oxygens (including phenoxy) is 1. The topological polar surface area (TPSA) is 59.9 Å². The van der Waals surface area contributed by atoms with Crippen molar-refractivity contribution in [1.82, 2.24) is 15.0 Å². The number of rotatable bonds is 7. The number of thiophene rings is 1. The predicted octanol–water partition coefficient (Wildman–Crippen LogP) is 6.93. The first kappa shape index (κ1) is 22.6. The third-order valence-electron chi connectivity index (χ3n) is 4.49. The number of nitrogens with zero attached hydrogens (tertiary/aromatic N) is 3. The Labute approximate surface area is 195 Å². The molecule has 0 aliphatic rings. The lowest BCUT2D eigenvalue weighted by Crippen LogP contribution is -2.07. The van der Waals surface area contributed by atoms with Crippen molar-refractivity contribution in [3.8, 4) is 11.6 Å². The minimum Gasteiger partial charge on any atom is -0.439 e. The Kier molecular flexibility index (Phi) is 6.73. The molecule has 0 atom stereocenters. The highest BCUT2D eigenvalue weighted by Crippen LogP contribution is 2.35. The van der Waals surface area contributed by atoms with Gasteiger partial charge in [0.2, 0.25) is 5.88 Å². The van der Waals surface area contributed by atoms with Crippen LogP contribution < -0.4 is 10.1 Å². The summed E-state index contributed by atoms with van der Waals surface area (Å²) in [4.78, 5) is 13.4. The molecule has 1 aromatic carbocycles. The number of nitrogens with one attached hydrogen (secondary N) is 1. The first-order valence-corrected chi connectivity index (χ1v) is 11.8. The Morgan fingerprint density at radius 1 is 1.16 bits per heavy atom. The number of halogens is 4. The van der Waals surface area contributed by atoms with Gasteiger partial charge in [-0.1, -0.05) is 23.7 Å². The Morgan fingerprint density at radius 2 is 1.94 bits per heavy atom. The van der Waals surface area contributed by atoms with E-state index in [0.717, 1.165) is 39.7 Å². The fourth-order valence-corrected chi connectivity index (χ4v) is 4.51. The van der Waals surface area contributed by atoms with Gasteiger partial charge in [0.25, 0.3) is 0 Å². The van der Waals surface area contributed by atoms with Crippen LogP contribution in [0.2, 0.25) is 5.02 Å². The Hall–Kier alpha value is -2.56. The van der Waals surface area contributed by atoms with Crippen LogP contribution in [0.4, 0.5) is 19.0 Å². The quantitative estimate of drug-likeness (QED) is 0.280. The van der Waals surface area contributed by atoms with Gasteiger partial charge in [0.15, 0.2) is 0 Å². The molecule has 32 heavy (non-hydrogen) atoms. The van der Waals surface area contributed by atoms with Gasteiger partial charge in [-0.25, -0.2) is 15.0 Å². The van der Waals surface area contributed by atoms with Crippen LogP contribution in [0.25, 0.3) is 10.2 Å². The maximum absolute atomic E-state index is 13.1. The summed E-state index contributed by atoms with van der Waals surface area (Å²) in [5.41, 5.74) is 0.229. The number of aromatic nitrogens is 3. The summed E-state index contributed by atoms with van der Waals surface area (Å²) >= 11 is 8.80. The fourth-order valence-electron chi connectivity index (χ4n) is 2.95. The molecular weight excluding hydrogens is 481 g/mol. The van der Waals surface area contributed by atoms with Crippen molar-refractivity contribution in [1.29, 1.82) is 0 Å². The van der Waals surface area contributed by atoms with E-state index < -0.39 is 11.7 Å². The lowest BCUT2D eigenvalue weighted by Gasteiger charge is -2.12. The van der Waals surface area contributed by atoms with Crippen molar-refractivity contribution in [2.75, 3.05) is 18.1 Å². The summed E-state index contributed by atoms with van der Waals surface area (Å²) < 4.78 is 44.8. The number of hydrogen-bond acceptors (Lipinski definition) is 7. The number of hydrogen-bond donors (Lipinski definition) is 1. The van der Waals surface area contributed by atoms with Crippen molar-refractivity contribution in [2.45, 2.75) is 17.6 Å². The zero-order valence-electron chi connectivity index (χ0n) is 16.6. The largest absolute Gasteiger partial charge is 0.439 e. The van der Waals surface area contributed by atoms with E-state index in [1.54, 1.807) is 18.4 Å².